The van der Waals surface area contributed by atoms with Crippen LogP contribution in [0, 0.1) is 5.41 Å². The smallest absolute Gasteiger partial charge is 0.311 e. The van der Waals surface area contributed by atoms with E-state index in [0.29, 0.717) is 32.5 Å². The van der Waals surface area contributed by atoms with Gasteiger partial charge in [-0.15, -0.1) is 0 Å². The van der Waals surface area contributed by atoms with E-state index in [1.807, 2.05) is 0 Å². The van der Waals surface area contributed by atoms with Crippen molar-refractivity contribution in [2.45, 2.75) is 37.5 Å². The largest absolute Gasteiger partial charge is 0.481 e. The summed E-state index contributed by atoms with van der Waals surface area (Å²) in [7, 11) is -3.23. The molecule has 26 heavy (non-hydrogen) atoms. The topological polar surface area (TPSA) is 110 Å². The summed E-state index contributed by atoms with van der Waals surface area (Å²) in [6.45, 7) is 2.46. The van der Waals surface area contributed by atoms with Crippen LogP contribution in [-0.2, 0) is 30.6 Å². The molecule has 1 aromatic rings. The van der Waals surface area contributed by atoms with E-state index in [9.17, 15) is 23.1 Å². The SMILES string of the molecule is CCS(=O)(=O)c1ccc(CCC(=O)NCC2(C(=O)O)CCOCC2)cc1. The molecule has 0 spiro atoms. The third-order valence-corrected chi connectivity index (χ3v) is 6.58. The van der Waals surface area contributed by atoms with Crippen molar-refractivity contribution < 1.29 is 27.9 Å². The molecule has 7 nitrogen and oxygen atoms in total. The Morgan fingerprint density at radius 3 is 2.35 bits per heavy atom. The van der Waals surface area contributed by atoms with Crippen LogP contribution in [0.15, 0.2) is 29.2 Å². The molecule has 1 saturated heterocycles. The molecule has 144 valence electrons. The van der Waals surface area contributed by atoms with Crippen molar-refractivity contribution in [3.05, 3.63) is 29.8 Å². The zero-order valence-electron chi connectivity index (χ0n) is 14.9. The molecular weight excluding hydrogens is 358 g/mol. The number of carbonyl (C=O) groups excluding carboxylic acids is 1. The normalized spacial score (nSPS) is 16.8. The number of aliphatic carboxylic acids is 1. The van der Waals surface area contributed by atoms with Gasteiger partial charge in [0.2, 0.25) is 5.91 Å². The van der Waals surface area contributed by atoms with Crippen LogP contribution < -0.4 is 5.32 Å². The number of benzene rings is 1. The van der Waals surface area contributed by atoms with Crippen molar-refractivity contribution in [3.63, 3.8) is 0 Å². The van der Waals surface area contributed by atoms with E-state index in [-0.39, 0.29) is 29.5 Å². The van der Waals surface area contributed by atoms with E-state index in [0.717, 1.165) is 5.56 Å². The van der Waals surface area contributed by atoms with Gasteiger partial charge in [0.15, 0.2) is 9.84 Å². The Labute approximate surface area is 153 Å². The van der Waals surface area contributed by atoms with Crippen LogP contribution in [0.1, 0.15) is 31.7 Å². The first-order valence-electron chi connectivity index (χ1n) is 8.69. The summed E-state index contributed by atoms with van der Waals surface area (Å²) in [5, 5.41) is 12.2. The molecule has 0 aromatic heterocycles. The van der Waals surface area contributed by atoms with Crippen molar-refractivity contribution in [1.29, 1.82) is 0 Å². The van der Waals surface area contributed by atoms with Crippen molar-refractivity contribution in [3.8, 4) is 0 Å². The number of aryl methyl sites for hydroxylation is 1. The van der Waals surface area contributed by atoms with Gasteiger partial charge in [-0.05, 0) is 37.0 Å². The first kappa shape index (κ1) is 20.4. The Hall–Kier alpha value is -1.93. The Bertz CT molecular complexity index is 735. The van der Waals surface area contributed by atoms with Gasteiger partial charge in [0.1, 0.15) is 0 Å². The lowest BCUT2D eigenvalue weighted by atomic mass is 9.80. The quantitative estimate of drug-likeness (QED) is 0.702. The molecule has 0 bridgehead atoms. The minimum Gasteiger partial charge on any atom is -0.481 e. The van der Waals surface area contributed by atoms with Gasteiger partial charge in [-0.25, -0.2) is 8.42 Å². The lowest BCUT2D eigenvalue weighted by Crippen LogP contribution is -2.46. The highest BCUT2D eigenvalue weighted by Gasteiger charge is 2.40. The average Bonchev–Trinajstić information content (AvgIpc) is 2.65. The van der Waals surface area contributed by atoms with E-state index in [4.69, 9.17) is 4.74 Å². The minimum absolute atomic E-state index is 0.0467. The second-order valence-corrected chi connectivity index (χ2v) is 8.80. The molecule has 8 heteroatoms. The molecule has 2 N–H and O–H groups in total. The second-order valence-electron chi connectivity index (χ2n) is 6.52. The maximum atomic E-state index is 12.1. The molecular formula is C18H25NO6S. The molecule has 0 saturated carbocycles. The number of hydrogen-bond donors (Lipinski definition) is 2. The monoisotopic (exact) mass is 383 g/mol. The standard InChI is InChI=1S/C18H25NO6S/c1-2-26(23,24)15-6-3-14(4-7-15)5-8-16(20)19-13-18(17(21)22)9-11-25-12-10-18/h3-4,6-7H,2,5,8-13H2,1H3,(H,19,20)(H,21,22). The van der Waals surface area contributed by atoms with Crippen LogP contribution in [0.4, 0.5) is 0 Å². The molecule has 2 rings (SSSR count). The maximum Gasteiger partial charge on any atom is 0.311 e. The Morgan fingerprint density at radius 2 is 1.81 bits per heavy atom. The number of carboxylic acids is 1. The highest BCUT2D eigenvalue weighted by molar-refractivity contribution is 7.91. The van der Waals surface area contributed by atoms with Crippen molar-refractivity contribution >= 4 is 21.7 Å². The summed E-state index contributed by atoms with van der Waals surface area (Å²) in [6.07, 6.45) is 1.44. The molecule has 1 aliphatic heterocycles. The molecule has 1 aliphatic rings. The molecule has 1 heterocycles. The van der Waals surface area contributed by atoms with Crippen LogP contribution in [0.3, 0.4) is 0 Å². The zero-order chi connectivity index (χ0) is 19.2. The number of rotatable bonds is 8. The van der Waals surface area contributed by atoms with Crippen LogP contribution in [0.5, 0.6) is 0 Å². The molecule has 1 fully saturated rings. The fourth-order valence-electron chi connectivity index (χ4n) is 2.87. The van der Waals surface area contributed by atoms with Crippen molar-refractivity contribution in [2.24, 2.45) is 5.41 Å². The Kier molecular flexibility index (Phi) is 6.77. The van der Waals surface area contributed by atoms with E-state index in [1.54, 1.807) is 31.2 Å². The van der Waals surface area contributed by atoms with Gasteiger partial charge < -0.3 is 15.2 Å². The average molecular weight is 383 g/mol. The Balaban J connectivity index is 1.86. The molecule has 1 amide bonds. The first-order valence-corrected chi connectivity index (χ1v) is 10.3. The predicted molar refractivity (Wildman–Crippen MR) is 95.6 cm³/mol. The second kappa shape index (κ2) is 8.64. The maximum absolute atomic E-state index is 12.1. The van der Waals surface area contributed by atoms with Crippen molar-refractivity contribution in [1.82, 2.24) is 5.32 Å². The van der Waals surface area contributed by atoms with Gasteiger partial charge >= 0.3 is 5.97 Å². The lowest BCUT2D eigenvalue weighted by molar-refractivity contribution is -0.154. The van der Waals surface area contributed by atoms with E-state index < -0.39 is 21.2 Å². The Morgan fingerprint density at radius 1 is 1.19 bits per heavy atom. The molecule has 0 radical (unpaired) electrons. The molecule has 0 atom stereocenters. The fraction of sp³-hybridized carbons (Fsp3) is 0.556. The minimum atomic E-state index is -3.23. The van der Waals surface area contributed by atoms with Gasteiger partial charge in [-0.2, -0.15) is 0 Å². The van der Waals surface area contributed by atoms with Crippen LogP contribution in [0.2, 0.25) is 0 Å². The molecule has 0 unspecified atom stereocenters. The summed E-state index contributed by atoms with van der Waals surface area (Å²) in [5.41, 5.74) is -0.0985. The molecule has 1 aromatic carbocycles. The van der Waals surface area contributed by atoms with E-state index in [2.05, 4.69) is 5.32 Å². The predicted octanol–water partition coefficient (Wildman–Crippen LogP) is 1.41. The fourth-order valence-corrected chi connectivity index (χ4v) is 3.76. The highest BCUT2D eigenvalue weighted by atomic mass is 32.2. The van der Waals surface area contributed by atoms with Gasteiger partial charge in [0, 0.05) is 26.2 Å². The first-order chi connectivity index (χ1) is 12.3. The third-order valence-electron chi connectivity index (χ3n) is 4.83. The van der Waals surface area contributed by atoms with Gasteiger partial charge in [0.05, 0.1) is 16.1 Å². The number of carbonyl (C=O) groups is 2. The summed E-state index contributed by atoms with van der Waals surface area (Å²) < 4.78 is 28.8. The lowest BCUT2D eigenvalue weighted by Gasteiger charge is -2.33. The summed E-state index contributed by atoms with van der Waals surface area (Å²) in [4.78, 5) is 23.9. The van der Waals surface area contributed by atoms with Gasteiger partial charge in [0.25, 0.3) is 0 Å². The number of sulfone groups is 1. The van der Waals surface area contributed by atoms with Crippen molar-refractivity contribution in [2.75, 3.05) is 25.5 Å². The summed E-state index contributed by atoms with van der Waals surface area (Å²) >= 11 is 0. The number of amides is 1. The number of nitrogens with one attached hydrogen (secondary N) is 1. The van der Waals surface area contributed by atoms with E-state index in [1.165, 1.54) is 0 Å². The number of hydrogen-bond acceptors (Lipinski definition) is 5. The van der Waals surface area contributed by atoms with Crippen LogP contribution in [-0.4, -0.2) is 50.9 Å². The van der Waals surface area contributed by atoms with Gasteiger partial charge in [-0.1, -0.05) is 19.1 Å². The highest BCUT2D eigenvalue weighted by Crippen LogP contribution is 2.30. The number of ether oxygens (including phenoxy) is 1. The summed E-state index contributed by atoms with van der Waals surface area (Å²) in [5.74, 6) is -1.08. The molecule has 0 aliphatic carbocycles. The number of carboxylic acid groups (broad SMARTS) is 1. The van der Waals surface area contributed by atoms with Crippen LogP contribution >= 0.6 is 0 Å². The van der Waals surface area contributed by atoms with E-state index >= 15 is 0 Å². The van der Waals surface area contributed by atoms with Gasteiger partial charge in [-0.3, -0.25) is 9.59 Å². The summed E-state index contributed by atoms with van der Waals surface area (Å²) in [6, 6.07) is 6.50. The third kappa shape index (κ3) is 5.04. The van der Waals surface area contributed by atoms with Crippen LogP contribution in [0.25, 0.3) is 0 Å². The zero-order valence-corrected chi connectivity index (χ0v) is 15.7.